The number of piperidine rings is 1. The highest BCUT2D eigenvalue weighted by Crippen LogP contribution is 2.42. The van der Waals surface area contributed by atoms with Crippen molar-refractivity contribution in [1.82, 2.24) is 4.90 Å². The number of benzene rings is 1. The van der Waals surface area contributed by atoms with Gasteiger partial charge in [-0.05, 0) is 49.4 Å². The summed E-state index contributed by atoms with van der Waals surface area (Å²) in [5.41, 5.74) is 1.66. The molecule has 1 aliphatic rings. The van der Waals surface area contributed by atoms with Gasteiger partial charge in [-0.1, -0.05) is 26.0 Å². The Balaban J connectivity index is 0.000000359. The van der Waals surface area contributed by atoms with Gasteiger partial charge in [-0.3, -0.25) is 0 Å². The molecule has 0 radical (unpaired) electrons. The van der Waals surface area contributed by atoms with Crippen LogP contribution >= 0.6 is 0 Å². The molecule has 0 aromatic heterocycles. The first-order valence-electron chi connectivity index (χ1n) is 8.58. The molecule has 2 rings (SSSR count). The van der Waals surface area contributed by atoms with Gasteiger partial charge >= 0.3 is 11.9 Å². The lowest BCUT2D eigenvalue weighted by molar-refractivity contribution is -0.134. The number of hydrogen-bond acceptors (Lipinski definition) is 4. The van der Waals surface area contributed by atoms with Crippen LogP contribution < -0.4 is 4.74 Å². The highest BCUT2D eigenvalue weighted by atomic mass is 16.5. The number of nitrogens with zero attached hydrogens (tertiary/aromatic N) is 1. The van der Waals surface area contributed by atoms with Crippen LogP contribution in [-0.4, -0.2) is 53.8 Å². The van der Waals surface area contributed by atoms with Gasteiger partial charge in [0.25, 0.3) is 0 Å². The number of carbonyl (C=O) groups is 2. The standard InChI is InChI=1S/C16H25NO.C4H4O4/c1-12-11-17(4)13(2)10-16(12,3)14-7-6-8-15(9-14)18-5;5-3(6)1-2-4(7)8/h6-9,12-13H,10-11H2,1-5H3;1-2H,(H,5,6)(H,7,8)/b;2-1-. The van der Waals surface area contributed by atoms with Crippen molar-refractivity contribution in [3.63, 3.8) is 0 Å². The van der Waals surface area contributed by atoms with Crippen molar-refractivity contribution in [1.29, 1.82) is 0 Å². The molecular weight excluding hydrogens is 334 g/mol. The minimum absolute atomic E-state index is 0.250. The van der Waals surface area contributed by atoms with Gasteiger partial charge in [0, 0.05) is 24.7 Å². The van der Waals surface area contributed by atoms with Gasteiger partial charge in [0.15, 0.2) is 0 Å². The Morgan fingerprint density at radius 1 is 1.23 bits per heavy atom. The maximum Gasteiger partial charge on any atom is 0.328 e. The molecule has 1 heterocycles. The first-order valence-corrected chi connectivity index (χ1v) is 8.58. The molecule has 0 saturated carbocycles. The van der Waals surface area contributed by atoms with E-state index in [4.69, 9.17) is 14.9 Å². The highest BCUT2D eigenvalue weighted by Gasteiger charge is 2.40. The van der Waals surface area contributed by atoms with E-state index in [0.29, 0.717) is 24.1 Å². The Hall–Kier alpha value is -2.34. The SMILES string of the molecule is COc1cccc(C2(C)CC(C)N(C)CC2C)c1.O=C(O)/C=C\C(=O)O. The maximum atomic E-state index is 9.55. The Morgan fingerprint density at radius 3 is 2.31 bits per heavy atom. The first-order chi connectivity index (χ1) is 12.1. The van der Waals surface area contributed by atoms with Gasteiger partial charge in [-0.25, -0.2) is 9.59 Å². The van der Waals surface area contributed by atoms with E-state index >= 15 is 0 Å². The van der Waals surface area contributed by atoms with E-state index < -0.39 is 11.9 Å². The van der Waals surface area contributed by atoms with Gasteiger partial charge in [-0.15, -0.1) is 0 Å². The molecule has 1 aromatic rings. The summed E-state index contributed by atoms with van der Waals surface area (Å²) in [7, 11) is 3.97. The number of rotatable bonds is 4. The van der Waals surface area contributed by atoms with Gasteiger partial charge < -0.3 is 19.8 Å². The molecule has 0 aliphatic carbocycles. The van der Waals surface area contributed by atoms with E-state index in [2.05, 4.69) is 50.9 Å². The molecule has 1 saturated heterocycles. The third kappa shape index (κ3) is 5.88. The van der Waals surface area contributed by atoms with Gasteiger partial charge in [0.1, 0.15) is 5.75 Å². The zero-order valence-corrected chi connectivity index (χ0v) is 16.1. The molecule has 0 spiro atoms. The number of aliphatic carboxylic acids is 2. The minimum Gasteiger partial charge on any atom is -0.497 e. The van der Waals surface area contributed by atoms with Gasteiger partial charge in [-0.2, -0.15) is 0 Å². The molecule has 2 N–H and O–H groups in total. The van der Waals surface area contributed by atoms with E-state index in [1.54, 1.807) is 7.11 Å². The van der Waals surface area contributed by atoms with Crippen molar-refractivity contribution in [3.05, 3.63) is 42.0 Å². The Labute approximate surface area is 155 Å². The summed E-state index contributed by atoms with van der Waals surface area (Å²) in [4.78, 5) is 21.6. The second-order valence-corrected chi connectivity index (χ2v) is 7.05. The topological polar surface area (TPSA) is 87.1 Å². The van der Waals surface area contributed by atoms with Crippen LogP contribution in [0.2, 0.25) is 0 Å². The molecule has 6 heteroatoms. The summed E-state index contributed by atoms with van der Waals surface area (Å²) in [5, 5.41) is 15.6. The van der Waals surface area contributed by atoms with Gasteiger partial charge in [0.05, 0.1) is 7.11 Å². The lowest BCUT2D eigenvalue weighted by Gasteiger charge is -2.47. The van der Waals surface area contributed by atoms with E-state index in [1.807, 2.05) is 6.07 Å². The maximum absolute atomic E-state index is 9.55. The Morgan fingerprint density at radius 2 is 1.81 bits per heavy atom. The first kappa shape index (κ1) is 21.7. The fourth-order valence-corrected chi connectivity index (χ4v) is 3.31. The van der Waals surface area contributed by atoms with Crippen LogP contribution in [0.5, 0.6) is 5.75 Å². The fourth-order valence-electron chi connectivity index (χ4n) is 3.31. The fraction of sp³-hybridized carbons (Fsp3) is 0.500. The van der Waals surface area contributed by atoms with Crippen LogP contribution in [0.1, 0.15) is 32.8 Å². The summed E-state index contributed by atoms with van der Waals surface area (Å²) >= 11 is 0. The molecule has 26 heavy (non-hydrogen) atoms. The van der Waals surface area contributed by atoms with Crippen molar-refractivity contribution in [2.75, 3.05) is 20.7 Å². The lowest BCUT2D eigenvalue weighted by Crippen LogP contribution is -2.50. The average Bonchev–Trinajstić information content (AvgIpc) is 2.59. The number of hydrogen-bond donors (Lipinski definition) is 2. The smallest absolute Gasteiger partial charge is 0.328 e. The monoisotopic (exact) mass is 363 g/mol. The molecule has 0 bridgehead atoms. The predicted octanol–water partition coefficient (Wildman–Crippen LogP) is 3.02. The van der Waals surface area contributed by atoms with Gasteiger partial charge in [0.2, 0.25) is 0 Å². The van der Waals surface area contributed by atoms with Crippen LogP contribution in [0.3, 0.4) is 0 Å². The summed E-state index contributed by atoms with van der Waals surface area (Å²) in [6.45, 7) is 8.25. The summed E-state index contributed by atoms with van der Waals surface area (Å²) in [5.74, 6) is -0.891. The normalized spacial score (nSPS) is 26.0. The number of ether oxygens (including phenoxy) is 1. The lowest BCUT2D eigenvalue weighted by atomic mass is 9.66. The van der Waals surface area contributed by atoms with E-state index in [1.165, 1.54) is 12.0 Å². The molecule has 0 amide bonds. The molecule has 3 unspecified atom stereocenters. The van der Waals surface area contributed by atoms with Crippen molar-refractivity contribution in [2.24, 2.45) is 5.92 Å². The predicted molar refractivity (Wildman–Crippen MR) is 101 cm³/mol. The Kier molecular flexibility index (Phi) is 7.83. The van der Waals surface area contributed by atoms with Crippen molar-refractivity contribution in [3.8, 4) is 5.75 Å². The third-order valence-corrected chi connectivity index (χ3v) is 5.22. The zero-order chi connectivity index (χ0) is 19.9. The molecule has 1 fully saturated rings. The van der Waals surface area contributed by atoms with Crippen molar-refractivity contribution in [2.45, 2.75) is 38.6 Å². The molecule has 1 aliphatic heterocycles. The quantitative estimate of drug-likeness (QED) is 0.800. The summed E-state index contributed by atoms with van der Waals surface area (Å²) < 4.78 is 5.36. The molecular formula is C20H29NO5. The number of carboxylic acids is 2. The number of methoxy groups -OCH3 is 1. The number of carboxylic acid groups (broad SMARTS) is 2. The van der Waals surface area contributed by atoms with Crippen molar-refractivity contribution >= 4 is 11.9 Å². The van der Waals surface area contributed by atoms with Crippen LogP contribution in [0.25, 0.3) is 0 Å². The summed E-state index contributed by atoms with van der Waals surface area (Å²) in [6.07, 6.45) is 2.32. The number of likely N-dealkylation sites (tertiary alicyclic amines) is 1. The van der Waals surface area contributed by atoms with E-state index in [0.717, 1.165) is 12.3 Å². The van der Waals surface area contributed by atoms with Crippen LogP contribution in [0.4, 0.5) is 0 Å². The Bertz CT molecular complexity index is 641. The molecule has 144 valence electrons. The zero-order valence-electron chi connectivity index (χ0n) is 16.1. The second kappa shape index (κ2) is 9.38. The van der Waals surface area contributed by atoms with Crippen LogP contribution in [0, 0.1) is 5.92 Å². The van der Waals surface area contributed by atoms with Crippen molar-refractivity contribution < 1.29 is 24.5 Å². The van der Waals surface area contributed by atoms with E-state index in [9.17, 15) is 9.59 Å². The largest absolute Gasteiger partial charge is 0.497 e. The summed E-state index contributed by atoms with van der Waals surface area (Å²) in [6, 6.07) is 9.22. The van der Waals surface area contributed by atoms with Crippen LogP contribution in [-0.2, 0) is 15.0 Å². The molecule has 6 nitrogen and oxygen atoms in total. The third-order valence-electron chi connectivity index (χ3n) is 5.22. The molecule has 3 atom stereocenters. The minimum atomic E-state index is -1.26. The second-order valence-electron chi connectivity index (χ2n) is 7.05. The van der Waals surface area contributed by atoms with E-state index in [-0.39, 0.29) is 5.41 Å². The van der Waals surface area contributed by atoms with Crippen LogP contribution in [0.15, 0.2) is 36.4 Å². The average molecular weight is 363 g/mol. The highest BCUT2D eigenvalue weighted by molar-refractivity contribution is 5.89. The molecule has 1 aromatic carbocycles.